The van der Waals surface area contributed by atoms with Crippen LogP contribution in [0.1, 0.15) is 26.2 Å². The molecule has 2 saturated carbocycles. The average molecular weight is 303 g/mol. The van der Waals surface area contributed by atoms with Gasteiger partial charge in [-0.1, -0.05) is 0 Å². The molecule has 0 aromatic rings. The Balaban J connectivity index is 2.09. The zero-order valence-electron chi connectivity index (χ0n) is 9.54. The highest BCUT2D eigenvalue weighted by atomic mass is 35.5. The fourth-order valence-electron chi connectivity index (χ4n) is 1.79. The van der Waals surface area contributed by atoms with Crippen LogP contribution < -0.4 is 9.56 Å². The van der Waals surface area contributed by atoms with Crippen LogP contribution in [0.2, 0.25) is 0 Å². The highest BCUT2D eigenvalue weighted by Gasteiger charge is 2.65. The van der Waals surface area contributed by atoms with Gasteiger partial charge in [0, 0.05) is 0 Å². The van der Waals surface area contributed by atoms with E-state index in [1.807, 2.05) is 9.56 Å². The highest BCUT2D eigenvalue weighted by Crippen LogP contribution is 2.49. The Bertz CT molecular complexity index is 480. The van der Waals surface area contributed by atoms with Crippen LogP contribution in [0.5, 0.6) is 0 Å². The van der Waals surface area contributed by atoms with Crippen molar-refractivity contribution in [1.29, 1.82) is 0 Å². The molecule has 18 heavy (non-hydrogen) atoms. The molecule has 0 aliphatic heterocycles. The summed E-state index contributed by atoms with van der Waals surface area (Å²) >= 11 is 5.31. The standard InChI is InChI=1S/C9H13ClF2N2O3S/c1-8(2-3-8)18(16,17)13-7(15)9(14-10)4-5(9)6(11)12/h5-6,14H,2-4H2,1H3,(H,13,15)/t5-,9+/m0/s1. The van der Waals surface area contributed by atoms with Crippen LogP contribution in [0.4, 0.5) is 8.78 Å². The first-order valence-corrected chi connectivity index (χ1v) is 7.27. The monoisotopic (exact) mass is 302 g/mol. The van der Waals surface area contributed by atoms with Gasteiger partial charge in [0.05, 0.1) is 10.7 Å². The van der Waals surface area contributed by atoms with Crippen LogP contribution in [-0.4, -0.2) is 31.0 Å². The van der Waals surface area contributed by atoms with E-state index in [4.69, 9.17) is 11.8 Å². The number of nitrogens with one attached hydrogen (secondary N) is 2. The molecule has 2 fully saturated rings. The summed E-state index contributed by atoms with van der Waals surface area (Å²) in [6.07, 6.45) is -1.99. The minimum atomic E-state index is -3.83. The van der Waals surface area contributed by atoms with Gasteiger partial charge in [-0.05, 0) is 38.0 Å². The average Bonchev–Trinajstić information content (AvgIpc) is 3.11. The van der Waals surface area contributed by atoms with E-state index in [0.29, 0.717) is 12.8 Å². The SMILES string of the molecule is CC1(S(=O)(=O)NC(=O)[C@@]2(NCl)C[C@H]2C(F)F)CC1. The lowest BCUT2D eigenvalue weighted by atomic mass is 10.2. The maximum atomic E-state index is 12.5. The number of rotatable bonds is 5. The Labute approximate surface area is 108 Å². The molecule has 0 aromatic heterocycles. The predicted octanol–water partition coefficient (Wildman–Crippen LogP) is 0.752. The molecule has 0 spiro atoms. The number of halogens is 3. The molecule has 9 heteroatoms. The normalized spacial score (nSPS) is 33.3. The van der Waals surface area contributed by atoms with Crippen molar-refractivity contribution in [3.05, 3.63) is 0 Å². The van der Waals surface area contributed by atoms with E-state index in [9.17, 15) is 22.0 Å². The second-order valence-electron chi connectivity index (χ2n) is 5.10. The van der Waals surface area contributed by atoms with Crippen molar-refractivity contribution in [3.8, 4) is 0 Å². The molecule has 0 unspecified atom stereocenters. The molecule has 2 atom stereocenters. The second-order valence-corrected chi connectivity index (χ2v) is 7.48. The van der Waals surface area contributed by atoms with Crippen molar-refractivity contribution in [2.45, 2.75) is 42.9 Å². The molecule has 1 amide bonds. The number of sulfonamides is 1. The number of hydrogen-bond donors (Lipinski definition) is 2. The highest BCUT2D eigenvalue weighted by molar-refractivity contribution is 7.91. The number of alkyl halides is 2. The van der Waals surface area contributed by atoms with Crippen molar-refractivity contribution >= 4 is 27.7 Å². The molecule has 104 valence electrons. The number of hydrogen-bond acceptors (Lipinski definition) is 4. The first kappa shape index (κ1) is 14.0. The maximum absolute atomic E-state index is 12.5. The number of carbonyl (C=O) groups is 1. The molecule has 2 N–H and O–H groups in total. The molecular formula is C9H13ClF2N2O3S. The molecule has 0 heterocycles. The molecule has 0 radical (unpaired) electrons. The summed E-state index contributed by atoms with van der Waals surface area (Å²) in [4.78, 5) is 13.8. The van der Waals surface area contributed by atoms with Crippen molar-refractivity contribution in [1.82, 2.24) is 9.56 Å². The van der Waals surface area contributed by atoms with E-state index in [1.54, 1.807) is 0 Å². The second kappa shape index (κ2) is 4.01. The van der Waals surface area contributed by atoms with Gasteiger partial charge >= 0.3 is 0 Å². The lowest BCUT2D eigenvalue weighted by molar-refractivity contribution is -0.122. The minimum Gasteiger partial charge on any atom is -0.272 e. The van der Waals surface area contributed by atoms with Crippen LogP contribution in [0.3, 0.4) is 0 Å². The van der Waals surface area contributed by atoms with Crippen LogP contribution in [0.15, 0.2) is 0 Å². The maximum Gasteiger partial charge on any atom is 0.255 e. The zero-order valence-corrected chi connectivity index (χ0v) is 11.1. The number of amides is 1. The quantitative estimate of drug-likeness (QED) is 0.735. The van der Waals surface area contributed by atoms with E-state index in [0.717, 1.165) is 0 Å². The van der Waals surface area contributed by atoms with Crippen LogP contribution in [0, 0.1) is 5.92 Å². The van der Waals surface area contributed by atoms with Crippen LogP contribution in [0.25, 0.3) is 0 Å². The van der Waals surface area contributed by atoms with Gasteiger partial charge in [0.25, 0.3) is 5.91 Å². The van der Waals surface area contributed by atoms with Gasteiger partial charge in [-0.2, -0.15) is 0 Å². The number of carbonyl (C=O) groups excluding carboxylic acids is 1. The van der Waals surface area contributed by atoms with Gasteiger partial charge in [0.1, 0.15) is 5.54 Å². The van der Waals surface area contributed by atoms with E-state index in [-0.39, 0.29) is 6.42 Å². The summed E-state index contributed by atoms with van der Waals surface area (Å²) < 4.78 is 49.5. The lowest BCUT2D eigenvalue weighted by Crippen LogP contribution is -2.50. The van der Waals surface area contributed by atoms with Crippen molar-refractivity contribution in [3.63, 3.8) is 0 Å². The van der Waals surface area contributed by atoms with Crippen molar-refractivity contribution < 1.29 is 22.0 Å². The Morgan fingerprint density at radius 2 is 2.00 bits per heavy atom. The van der Waals surface area contributed by atoms with Gasteiger partial charge in [-0.15, -0.1) is 0 Å². The van der Waals surface area contributed by atoms with E-state index in [1.165, 1.54) is 6.92 Å². The topological polar surface area (TPSA) is 75.3 Å². The van der Waals surface area contributed by atoms with Crippen LogP contribution in [-0.2, 0) is 14.8 Å². The Morgan fingerprint density at radius 1 is 1.44 bits per heavy atom. The minimum absolute atomic E-state index is 0.174. The fourth-order valence-corrected chi connectivity index (χ4v) is 3.40. The van der Waals surface area contributed by atoms with E-state index < -0.39 is 38.6 Å². The lowest BCUT2D eigenvalue weighted by Gasteiger charge is -2.17. The Kier molecular flexibility index (Phi) is 3.11. The molecule has 0 saturated heterocycles. The third-order valence-corrected chi connectivity index (χ3v) is 6.22. The van der Waals surface area contributed by atoms with Gasteiger partial charge in [-0.3, -0.25) is 9.52 Å². The molecule has 0 bridgehead atoms. The van der Waals surface area contributed by atoms with Crippen molar-refractivity contribution in [2.24, 2.45) is 5.92 Å². The van der Waals surface area contributed by atoms with Gasteiger partial charge < -0.3 is 0 Å². The first-order valence-electron chi connectivity index (χ1n) is 5.41. The summed E-state index contributed by atoms with van der Waals surface area (Å²) in [5, 5.41) is 0. The summed E-state index contributed by atoms with van der Waals surface area (Å²) in [7, 11) is -3.83. The van der Waals surface area contributed by atoms with Crippen LogP contribution >= 0.6 is 11.8 Å². The van der Waals surface area contributed by atoms with E-state index >= 15 is 0 Å². The molecule has 2 aliphatic rings. The summed E-state index contributed by atoms with van der Waals surface area (Å²) in [6, 6.07) is 0. The van der Waals surface area contributed by atoms with E-state index in [2.05, 4.69) is 0 Å². The first-order chi connectivity index (χ1) is 8.18. The molecular weight excluding hydrogens is 290 g/mol. The molecule has 0 aromatic carbocycles. The summed E-state index contributed by atoms with van der Waals surface area (Å²) in [5.74, 6) is -2.26. The Morgan fingerprint density at radius 3 is 2.33 bits per heavy atom. The summed E-state index contributed by atoms with van der Waals surface area (Å²) in [5.41, 5.74) is -1.67. The molecule has 2 aliphatic carbocycles. The zero-order chi connectivity index (χ0) is 13.8. The third-order valence-electron chi connectivity index (χ3n) is 3.72. The third kappa shape index (κ3) is 2.00. The van der Waals surface area contributed by atoms with Gasteiger partial charge in [0.15, 0.2) is 0 Å². The molecule has 2 rings (SSSR count). The largest absolute Gasteiger partial charge is 0.272 e. The summed E-state index contributed by atoms with van der Waals surface area (Å²) in [6.45, 7) is 1.50. The fraction of sp³-hybridized carbons (Fsp3) is 0.889. The Hall–Kier alpha value is -0.470. The molecule has 5 nitrogen and oxygen atoms in total. The predicted molar refractivity (Wildman–Crippen MR) is 60.5 cm³/mol. The van der Waals surface area contributed by atoms with Gasteiger partial charge in [-0.25, -0.2) is 22.0 Å². The van der Waals surface area contributed by atoms with Crippen molar-refractivity contribution in [2.75, 3.05) is 0 Å². The smallest absolute Gasteiger partial charge is 0.255 e. The van der Waals surface area contributed by atoms with Gasteiger partial charge in [0.2, 0.25) is 16.4 Å².